The number of benzene rings is 2. The van der Waals surface area contributed by atoms with Gasteiger partial charge in [0, 0.05) is 18.7 Å². The molecule has 1 unspecified atom stereocenters. The standard InChI is InChI=1S/C22H29F2NO4.ClH/c1-16(2)25-14-19(26)15-29-20-7-8-22(21(24)13-20)28-12-11-27-10-9-17-3-5-18(23)6-4-17;/h3-8,13,16,19,25-26H,9-12,14-15H2,1-2H3;1H. The summed E-state index contributed by atoms with van der Waals surface area (Å²) in [6.07, 6.45) is -0.0115. The Labute approximate surface area is 182 Å². The van der Waals surface area contributed by atoms with Crippen molar-refractivity contribution in [2.75, 3.05) is 33.0 Å². The van der Waals surface area contributed by atoms with Gasteiger partial charge in [-0.25, -0.2) is 8.78 Å². The van der Waals surface area contributed by atoms with Crippen molar-refractivity contribution in [2.24, 2.45) is 0 Å². The Morgan fingerprint density at radius 2 is 1.70 bits per heavy atom. The lowest BCUT2D eigenvalue weighted by Gasteiger charge is -2.15. The topological polar surface area (TPSA) is 60.0 Å². The first-order chi connectivity index (χ1) is 13.9. The van der Waals surface area contributed by atoms with Crippen LogP contribution in [-0.2, 0) is 11.2 Å². The van der Waals surface area contributed by atoms with Gasteiger partial charge in [-0.3, -0.25) is 0 Å². The second-order valence-electron chi connectivity index (χ2n) is 6.96. The molecular weight excluding hydrogens is 416 g/mol. The molecule has 2 aromatic rings. The van der Waals surface area contributed by atoms with Crippen molar-refractivity contribution in [3.8, 4) is 11.5 Å². The zero-order valence-corrected chi connectivity index (χ0v) is 18.1. The fourth-order valence-electron chi connectivity index (χ4n) is 2.47. The Bertz CT molecular complexity index is 732. The Balaban J connectivity index is 0.00000450. The first-order valence-corrected chi connectivity index (χ1v) is 9.73. The maximum Gasteiger partial charge on any atom is 0.168 e. The molecule has 2 rings (SSSR count). The van der Waals surface area contributed by atoms with Crippen LogP contribution in [-0.4, -0.2) is 50.2 Å². The number of hydrogen-bond acceptors (Lipinski definition) is 5. The SMILES string of the molecule is CC(C)NCC(O)COc1ccc(OCCOCCc2ccc(F)cc2)c(F)c1.Cl. The summed E-state index contributed by atoms with van der Waals surface area (Å²) in [5, 5.41) is 12.9. The van der Waals surface area contributed by atoms with Gasteiger partial charge >= 0.3 is 0 Å². The molecule has 168 valence electrons. The average molecular weight is 446 g/mol. The van der Waals surface area contributed by atoms with Crippen LogP contribution in [0.25, 0.3) is 0 Å². The Hall–Kier alpha value is -1.93. The van der Waals surface area contributed by atoms with Crippen LogP contribution in [0.15, 0.2) is 42.5 Å². The summed E-state index contributed by atoms with van der Waals surface area (Å²) >= 11 is 0. The quantitative estimate of drug-likeness (QED) is 0.460. The summed E-state index contributed by atoms with van der Waals surface area (Å²) in [4.78, 5) is 0. The maximum absolute atomic E-state index is 14.1. The number of hydrogen-bond donors (Lipinski definition) is 2. The summed E-state index contributed by atoms with van der Waals surface area (Å²) in [6, 6.07) is 10.8. The van der Waals surface area contributed by atoms with Crippen LogP contribution < -0.4 is 14.8 Å². The van der Waals surface area contributed by atoms with E-state index in [0.29, 0.717) is 31.9 Å². The first kappa shape index (κ1) is 26.1. The average Bonchev–Trinajstić information content (AvgIpc) is 2.70. The number of aliphatic hydroxyl groups is 1. The summed E-state index contributed by atoms with van der Waals surface area (Å²) in [6.45, 7) is 5.44. The van der Waals surface area contributed by atoms with Gasteiger partial charge in [0.1, 0.15) is 30.9 Å². The molecule has 5 nitrogen and oxygen atoms in total. The third-order valence-corrected chi connectivity index (χ3v) is 4.04. The zero-order chi connectivity index (χ0) is 21.1. The molecule has 0 heterocycles. The lowest BCUT2D eigenvalue weighted by Crippen LogP contribution is -2.35. The molecule has 0 saturated carbocycles. The lowest BCUT2D eigenvalue weighted by molar-refractivity contribution is 0.0999. The largest absolute Gasteiger partial charge is 0.491 e. The predicted octanol–water partition coefficient (Wildman–Crippen LogP) is 3.76. The molecule has 30 heavy (non-hydrogen) atoms. The molecular formula is C22H30ClF2NO4. The monoisotopic (exact) mass is 445 g/mol. The Morgan fingerprint density at radius 3 is 2.37 bits per heavy atom. The van der Waals surface area contributed by atoms with Gasteiger partial charge in [-0.2, -0.15) is 0 Å². The number of ether oxygens (including phenoxy) is 3. The molecule has 2 aromatic carbocycles. The minimum absolute atomic E-state index is 0. The molecule has 0 amide bonds. The van der Waals surface area contributed by atoms with Crippen LogP contribution in [0.4, 0.5) is 8.78 Å². The van der Waals surface area contributed by atoms with Gasteiger partial charge in [0.2, 0.25) is 0 Å². The molecule has 8 heteroatoms. The molecule has 2 N–H and O–H groups in total. The molecule has 0 spiro atoms. The normalized spacial score (nSPS) is 11.8. The number of aliphatic hydroxyl groups excluding tert-OH is 1. The molecule has 0 radical (unpaired) electrons. The Morgan fingerprint density at radius 1 is 0.967 bits per heavy atom. The summed E-state index contributed by atoms with van der Waals surface area (Å²) in [5.41, 5.74) is 0.985. The molecule has 0 bridgehead atoms. The van der Waals surface area contributed by atoms with Gasteiger partial charge in [-0.15, -0.1) is 12.4 Å². The molecule has 0 aromatic heterocycles. The van der Waals surface area contributed by atoms with Crippen molar-refractivity contribution < 1.29 is 28.1 Å². The van der Waals surface area contributed by atoms with Crippen molar-refractivity contribution in [3.63, 3.8) is 0 Å². The van der Waals surface area contributed by atoms with E-state index in [1.54, 1.807) is 18.2 Å². The van der Waals surface area contributed by atoms with Crippen molar-refractivity contribution in [3.05, 3.63) is 59.7 Å². The van der Waals surface area contributed by atoms with Crippen LogP contribution in [0.5, 0.6) is 11.5 Å². The second kappa shape index (κ2) is 14.1. The minimum Gasteiger partial charge on any atom is -0.491 e. The van der Waals surface area contributed by atoms with E-state index in [4.69, 9.17) is 14.2 Å². The van der Waals surface area contributed by atoms with E-state index < -0.39 is 11.9 Å². The van der Waals surface area contributed by atoms with Crippen molar-refractivity contribution in [1.29, 1.82) is 0 Å². The summed E-state index contributed by atoms with van der Waals surface area (Å²) in [5.74, 6) is -0.361. The van der Waals surface area contributed by atoms with Crippen LogP contribution in [0, 0.1) is 11.6 Å². The maximum atomic E-state index is 14.1. The van der Waals surface area contributed by atoms with Gasteiger partial charge < -0.3 is 24.6 Å². The van der Waals surface area contributed by atoms with Crippen LogP contribution in [0.1, 0.15) is 19.4 Å². The van der Waals surface area contributed by atoms with Gasteiger partial charge in [0.15, 0.2) is 11.6 Å². The lowest BCUT2D eigenvalue weighted by atomic mass is 10.2. The van der Waals surface area contributed by atoms with Crippen molar-refractivity contribution >= 4 is 12.4 Å². The number of nitrogens with one attached hydrogen (secondary N) is 1. The summed E-state index contributed by atoms with van der Waals surface area (Å²) < 4.78 is 43.2. The summed E-state index contributed by atoms with van der Waals surface area (Å²) in [7, 11) is 0. The number of halogens is 3. The van der Waals surface area contributed by atoms with E-state index in [-0.39, 0.29) is 43.2 Å². The van der Waals surface area contributed by atoms with Crippen molar-refractivity contribution in [2.45, 2.75) is 32.4 Å². The zero-order valence-electron chi connectivity index (χ0n) is 17.3. The van der Waals surface area contributed by atoms with Crippen LogP contribution >= 0.6 is 12.4 Å². The molecule has 1 atom stereocenters. The van der Waals surface area contributed by atoms with Crippen molar-refractivity contribution in [1.82, 2.24) is 5.32 Å². The fraction of sp³-hybridized carbons (Fsp3) is 0.455. The highest BCUT2D eigenvalue weighted by atomic mass is 35.5. The highest BCUT2D eigenvalue weighted by Gasteiger charge is 2.09. The third-order valence-electron chi connectivity index (χ3n) is 4.04. The van der Waals surface area contributed by atoms with E-state index in [1.165, 1.54) is 24.3 Å². The van der Waals surface area contributed by atoms with E-state index in [9.17, 15) is 13.9 Å². The van der Waals surface area contributed by atoms with Gasteiger partial charge in [0.05, 0.1) is 13.2 Å². The highest BCUT2D eigenvalue weighted by Crippen LogP contribution is 2.22. The molecule has 0 aliphatic rings. The fourth-order valence-corrected chi connectivity index (χ4v) is 2.47. The first-order valence-electron chi connectivity index (χ1n) is 9.73. The predicted molar refractivity (Wildman–Crippen MR) is 115 cm³/mol. The van der Waals surface area contributed by atoms with E-state index in [2.05, 4.69) is 5.32 Å². The molecule has 0 fully saturated rings. The Kier molecular flexibility index (Phi) is 12.3. The van der Waals surface area contributed by atoms with E-state index in [1.807, 2.05) is 13.8 Å². The van der Waals surface area contributed by atoms with Crippen LogP contribution in [0.3, 0.4) is 0 Å². The van der Waals surface area contributed by atoms with Crippen LogP contribution in [0.2, 0.25) is 0 Å². The molecule has 0 saturated heterocycles. The van der Waals surface area contributed by atoms with E-state index >= 15 is 0 Å². The van der Waals surface area contributed by atoms with E-state index in [0.717, 1.165) is 5.56 Å². The second-order valence-corrected chi connectivity index (χ2v) is 6.96. The highest BCUT2D eigenvalue weighted by molar-refractivity contribution is 5.85. The van der Waals surface area contributed by atoms with Gasteiger partial charge in [0.25, 0.3) is 0 Å². The smallest absolute Gasteiger partial charge is 0.168 e. The van der Waals surface area contributed by atoms with Gasteiger partial charge in [-0.05, 0) is 36.2 Å². The third kappa shape index (κ3) is 10.2. The number of rotatable bonds is 13. The minimum atomic E-state index is -0.677. The molecule has 0 aliphatic heterocycles. The molecule has 0 aliphatic carbocycles. The van der Waals surface area contributed by atoms with Gasteiger partial charge in [-0.1, -0.05) is 26.0 Å².